The summed E-state index contributed by atoms with van der Waals surface area (Å²) in [7, 11) is 0. The van der Waals surface area contributed by atoms with Crippen molar-refractivity contribution in [3.8, 4) is 5.75 Å². The van der Waals surface area contributed by atoms with E-state index < -0.39 is 5.82 Å². The minimum atomic E-state index is -0.397. The van der Waals surface area contributed by atoms with Gasteiger partial charge in [-0.25, -0.2) is 4.39 Å². The molecule has 0 aliphatic carbocycles. The van der Waals surface area contributed by atoms with Crippen LogP contribution in [0.4, 0.5) is 4.39 Å². The summed E-state index contributed by atoms with van der Waals surface area (Å²) in [4.78, 5) is 2.05. The van der Waals surface area contributed by atoms with Crippen molar-refractivity contribution < 1.29 is 14.6 Å². The van der Waals surface area contributed by atoms with Crippen LogP contribution >= 0.6 is 12.4 Å². The van der Waals surface area contributed by atoms with E-state index in [-0.39, 0.29) is 30.8 Å². The van der Waals surface area contributed by atoms with Crippen molar-refractivity contribution in [1.29, 1.82) is 0 Å². The first kappa shape index (κ1) is 15.2. The van der Waals surface area contributed by atoms with Crippen LogP contribution in [0.25, 0.3) is 0 Å². The first-order valence-corrected chi connectivity index (χ1v) is 5.76. The smallest absolute Gasteiger partial charge is 0.123 e. The number of nitrogens with zero attached hydrogens (tertiary/aromatic N) is 1. The lowest BCUT2D eigenvalue weighted by atomic mass is 10.0. The number of hydrogen-bond donors (Lipinski definition) is 3. The molecular formula is C12H18ClFN2O2. The lowest BCUT2D eigenvalue weighted by Crippen LogP contribution is -2.46. The third-order valence-electron chi connectivity index (χ3n) is 3.11. The Labute approximate surface area is 112 Å². The predicted molar refractivity (Wildman–Crippen MR) is 69.6 cm³/mol. The van der Waals surface area contributed by atoms with Gasteiger partial charge < -0.3 is 15.5 Å². The second kappa shape index (κ2) is 6.89. The molecule has 6 heteroatoms. The molecule has 1 aliphatic heterocycles. The molecule has 0 bridgehead atoms. The van der Waals surface area contributed by atoms with E-state index in [1.807, 2.05) is 4.90 Å². The highest BCUT2D eigenvalue weighted by Crippen LogP contribution is 2.29. The Balaban J connectivity index is 0.00000162. The van der Waals surface area contributed by atoms with E-state index in [0.29, 0.717) is 5.56 Å². The van der Waals surface area contributed by atoms with Gasteiger partial charge in [-0.2, -0.15) is 0 Å². The number of phenols is 1. The normalized spacial score (nSPS) is 18.1. The third kappa shape index (κ3) is 3.32. The number of piperazine rings is 1. The second-order valence-corrected chi connectivity index (χ2v) is 4.19. The highest BCUT2D eigenvalue weighted by atomic mass is 35.5. The SMILES string of the molecule is Cl.OC[C@H](c1cc(F)ccc1O)N1CCNCC1. The van der Waals surface area contributed by atoms with E-state index in [1.54, 1.807) is 0 Å². The Morgan fingerprint density at radius 3 is 2.61 bits per heavy atom. The number of aromatic hydroxyl groups is 1. The van der Waals surface area contributed by atoms with Crippen molar-refractivity contribution in [2.45, 2.75) is 6.04 Å². The number of halogens is 2. The standard InChI is InChI=1S/C12H17FN2O2.ClH/c13-9-1-2-12(17)10(7-9)11(8-16)15-5-3-14-4-6-15;/h1-2,7,11,14,16-17H,3-6,8H2;1H/t11-;/m1./s1. The van der Waals surface area contributed by atoms with Crippen LogP contribution in [0.15, 0.2) is 18.2 Å². The van der Waals surface area contributed by atoms with Gasteiger partial charge in [0.05, 0.1) is 12.6 Å². The molecule has 0 saturated carbocycles. The summed E-state index contributed by atoms with van der Waals surface area (Å²) in [6.07, 6.45) is 0. The number of aliphatic hydroxyl groups is 1. The molecule has 1 aliphatic rings. The van der Waals surface area contributed by atoms with Crippen LogP contribution in [0.3, 0.4) is 0 Å². The van der Waals surface area contributed by atoms with Gasteiger partial charge in [0.25, 0.3) is 0 Å². The molecule has 0 spiro atoms. The predicted octanol–water partition coefficient (Wildman–Crippen LogP) is 0.892. The molecular weight excluding hydrogens is 259 g/mol. The van der Waals surface area contributed by atoms with Crippen LogP contribution in [-0.4, -0.2) is 47.9 Å². The van der Waals surface area contributed by atoms with E-state index in [0.717, 1.165) is 26.2 Å². The van der Waals surface area contributed by atoms with Gasteiger partial charge in [-0.15, -0.1) is 12.4 Å². The highest BCUT2D eigenvalue weighted by Gasteiger charge is 2.24. The fourth-order valence-electron chi connectivity index (χ4n) is 2.20. The molecule has 4 nitrogen and oxygen atoms in total. The van der Waals surface area contributed by atoms with Crippen LogP contribution < -0.4 is 5.32 Å². The van der Waals surface area contributed by atoms with Crippen LogP contribution in [0.5, 0.6) is 5.75 Å². The molecule has 3 N–H and O–H groups in total. The van der Waals surface area contributed by atoms with Gasteiger partial charge in [0.2, 0.25) is 0 Å². The average Bonchev–Trinajstić information content (AvgIpc) is 2.36. The minimum Gasteiger partial charge on any atom is -0.508 e. The summed E-state index contributed by atoms with van der Waals surface area (Å²) in [6.45, 7) is 3.11. The number of nitrogens with one attached hydrogen (secondary N) is 1. The molecule has 18 heavy (non-hydrogen) atoms. The number of rotatable bonds is 3. The first-order valence-electron chi connectivity index (χ1n) is 5.76. The van der Waals surface area contributed by atoms with Crippen molar-refractivity contribution in [3.63, 3.8) is 0 Å². The van der Waals surface area contributed by atoms with Gasteiger partial charge >= 0.3 is 0 Å². The summed E-state index contributed by atoms with van der Waals surface area (Å²) < 4.78 is 13.2. The molecule has 1 atom stereocenters. The largest absolute Gasteiger partial charge is 0.508 e. The van der Waals surface area contributed by atoms with E-state index >= 15 is 0 Å². The summed E-state index contributed by atoms with van der Waals surface area (Å²) in [6, 6.07) is 3.49. The van der Waals surface area contributed by atoms with E-state index in [9.17, 15) is 14.6 Å². The number of aliphatic hydroxyl groups excluding tert-OH is 1. The summed E-state index contributed by atoms with van der Waals surface area (Å²) >= 11 is 0. The Bertz CT molecular complexity index is 386. The Morgan fingerprint density at radius 2 is 2.00 bits per heavy atom. The van der Waals surface area contributed by atoms with Crippen molar-refractivity contribution >= 4 is 12.4 Å². The zero-order valence-electron chi connectivity index (χ0n) is 9.97. The Hall–Kier alpha value is -0.880. The molecule has 0 unspecified atom stereocenters. The molecule has 1 aromatic carbocycles. The van der Waals surface area contributed by atoms with Crippen molar-refractivity contribution in [2.75, 3.05) is 32.8 Å². The maximum Gasteiger partial charge on any atom is 0.123 e. The maximum atomic E-state index is 13.2. The fraction of sp³-hybridized carbons (Fsp3) is 0.500. The summed E-state index contributed by atoms with van der Waals surface area (Å²) in [5.41, 5.74) is 0.453. The lowest BCUT2D eigenvalue weighted by Gasteiger charge is -2.34. The molecule has 0 amide bonds. The molecule has 2 rings (SSSR count). The monoisotopic (exact) mass is 276 g/mol. The molecule has 0 aromatic heterocycles. The Morgan fingerprint density at radius 1 is 1.33 bits per heavy atom. The van der Waals surface area contributed by atoms with E-state index in [2.05, 4.69) is 5.32 Å². The second-order valence-electron chi connectivity index (χ2n) is 4.19. The zero-order valence-corrected chi connectivity index (χ0v) is 10.8. The van der Waals surface area contributed by atoms with Gasteiger partial charge in [0, 0.05) is 31.7 Å². The van der Waals surface area contributed by atoms with Gasteiger partial charge in [-0.1, -0.05) is 0 Å². The molecule has 1 fully saturated rings. The average molecular weight is 277 g/mol. The first-order chi connectivity index (χ1) is 8.22. The topological polar surface area (TPSA) is 55.7 Å². The highest BCUT2D eigenvalue weighted by molar-refractivity contribution is 5.85. The van der Waals surface area contributed by atoms with Crippen molar-refractivity contribution in [2.24, 2.45) is 0 Å². The molecule has 1 aromatic rings. The van der Waals surface area contributed by atoms with E-state index in [4.69, 9.17) is 0 Å². The molecule has 0 radical (unpaired) electrons. The number of phenolic OH excluding ortho intramolecular Hbond substituents is 1. The van der Waals surface area contributed by atoms with Gasteiger partial charge in [-0.3, -0.25) is 4.90 Å². The van der Waals surface area contributed by atoms with E-state index in [1.165, 1.54) is 18.2 Å². The third-order valence-corrected chi connectivity index (χ3v) is 3.11. The number of benzene rings is 1. The van der Waals surface area contributed by atoms with Gasteiger partial charge in [0.15, 0.2) is 0 Å². The van der Waals surface area contributed by atoms with Crippen LogP contribution in [-0.2, 0) is 0 Å². The molecule has 1 heterocycles. The summed E-state index contributed by atoms with van der Waals surface area (Å²) in [5, 5.41) is 22.4. The van der Waals surface area contributed by atoms with Crippen molar-refractivity contribution in [3.05, 3.63) is 29.6 Å². The maximum absolute atomic E-state index is 13.2. The summed E-state index contributed by atoms with van der Waals surface area (Å²) in [5.74, 6) is -0.365. The minimum absolute atomic E-state index is 0. The quantitative estimate of drug-likeness (QED) is 0.768. The Kier molecular flexibility index (Phi) is 5.81. The number of hydrogen-bond acceptors (Lipinski definition) is 4. The van der Waals surface area contributed by atoms with Gasteiger partial charge in [-0.05, 0) is 18.2 Å². The fourth-order valence-corrected chi connectivity index (χ4v) is 2.20. The van der Waals surface area contributed by atoms with Crippen LogP contribution in [0.2, 0.25) is 0 Å². The van der Waals surface area contributed by atoms with Crippen LogP contribution in [0.1, 0.15) is 11.6 Å². The molecule has 102 valence electrons. The van der Waals surface area contributed by atoms with Gasteiger partial charge in [0.1, 0.15) is 11.6 Å². The zero-order chi connectivity index (χ0) is 12.3. The van der Waals surface area contributed by atoms with Crippen LogP contribution in [0, 0.1) is 5.82 Å². The van der Waals surface area contributed by atoms with Crippen molar-refractivity contribution in [1.82, 2.24) is 10.2 Å². The lowest BCUT2D eigenvalue weighted by molar-refractivity contribution is 0.109. The molecule has 1 saturated heterocycles.